The summed E-state index contributed by atoms with van der Waals surface area (Å²) in [7, 11) is 0. The summed E-state index contributed by atoms with van der Waals surface area (Å²) in [4.78, 5) is 23.6. The molecule has 1 aromatic heterocycles. The Morgan fingerprint density at radius 1 is 1.30 bits per heavy atom. The van der Waals surface area contributed by atoms with Crippen molar-refractivity contribution in [3.05, 3.63) is 41.7 Å². The van der Waals surface area contributed by atoms with Crippen molar-refractivity contribution in [3.63, 3.8) is 0 Å². The van der Waals surface area contributed by atoms with E-state index >= 15 is 0 Å². The van der Waals surface area contributed by atoms with E-state index in [-0.39, 0.29) is 0 Å². The third kappa shape index (κ3) is 3.71. The summed E-state index contributed by atoms with van der Waals surface area (Å²) >= 11 is 6.20. The van der Waals surface area contributed by atoms with Gasteiger partial charge in [0, 0.05) is 24.6 Å². The van der Waals surface area contributed by atoms with Crippen molar-refractivity contribution in [1.29, 1.82) is 0 Å². The Hall–Kier alpha value is -2.34. The lowest BCUT2D eigenvalue weighted by Gasteiger charge is -2.25. The van der Waals surface area contributed by atoms with E-state index in [0.29, 0.717) is 28.9 Å². The molecular formula is C16H17ClN4O2. The normalized spacial score (nSPS) is 14.1. The lowest BCUT2D eigenvalue weighted by atomic mass is 9.85. The fraction of sp³-hybridized carbons (Fsp3) is 0.312. The van der Waals surface area contributed by atoms with E-state index < -0.39 is 11.8 Å². The molecular weight excluding hydrogens is 316 g/mol. The molecule has 0 spiro atoms. The van der Waals surface area contributed by atoms with Gasteiger partial charge < -0.3 is 10.6 Å². The highest BCUT2D eigenvalue weighted by atomic mass is 35.5. The van der Waals surface area contributed by atoms with Gasteiger partial charge in [0.2, 0.25) is 0 Å². The molecule has 2 aromatic rings. The zero-order valence-corrected chi connectivity index (χ0v) is 13.2. The number of benzene rings is 1. The zero-order chi connectivity index (χ0) is 16.2. The maximum Gasteiger partial charge on any atom is 0.313 e. The second-order valence-corrected chi connectivity index (χ2v) is 5.99. The van der Waals surface area contributed by atoms with Gasteiger partial charge in [-0.25, -0.2) is 4.68 Å². The largest absolute Gasteiger partial charge is 0.348 e. The van der Waals surface area contributed by atoms with E-state index in [9.17, 15) is 9.59 Å². The summed E-state index contributed by atoms with van der Waals surface area (Å²) in [5.41, 5.74) is 1.17. The highest BCUT2D eigenvalue weighted by Crippen LogP contribution is 2.25. The van der Waals surface area contributed by atoms with E-state index in [1.807, 2.05) is 0 Å². The summed E-state index contributed by atoms with van der Waals surface area (Å²) in [6.07, 6.45) is 6.86. The van der Waals surface area contributed by atoms with Gasteiger partial charge in [0.25, 0.3) is 0 Å². The van der Waals surface area contributed by atoms with Crippen molar-refractivity contribution in [2.24, 2.45) is 5.92 Å². The number of hydrogen-bond donors (Lipinski definition) is 2. The summed E-state index contributed by atoms with van der Waals surface area (Å²) in [6, 6.07) is 6.80. The van der Waals surface area contributed by atoms with E-state index in [1.54, 1.807) is 41.3 Å². The number of rotatable bonds is 4. The molecule has 1 fully saturated rings. The third-order valence-corrected chi connectivity index (χ3v) is 4.24. The predicted molar refractivity (Wildman–Crippen MR) is 87.6 cm³/mol. The molecule has 0 atom stereocenters. The van der Waals surface area contributed by atoms with E-state index in [1.165, 1.54) is 6.42 Å². The Morgan fingerprint density at radius 2 is 2.13 bits per heavy atom. The van der Waals surface area contributed by atoms with Crippen LogP contribution >= 0.6 is 11.6 Å². The molecule has 120 valence electrons. The standard InChI is InChI=1S/C16H17ClN4O2/c17-13-9-12(5-6-14(13)21-8-2-7-19-21)20-16(23)15(22)18-10-11-3-1-4-11/h2,5-9,11H,1,3-4,10H2,(H,18,22)(H,20,23). The number of carbonyl (C=O) groups is 2. The van der Waals surface area contributed by atoms with Crippen molar-refractivity contribution in [2.75, 3.05) is 11.9 Å². The van der Waals surface area contributed by atoms with E-state index in [4.69, 9.17) is 11.6 Å². The molecule has 0 aliphatic heterocycles. The molecule has 3 rings (SSSR count). The number of halogens is 1. The Balaban J connectivity index is 1.59. The number of nitrogens with one attached hydrogen (secondary N) is 2. The molecule has 0 unspecified atom stereocenters. The third-order valence-electron chi connectivity index (χ3n) is 3.94. The number of anilines is 1. The maximum atomic E-state index is 11.9. The smallest absolute Gasteiger partial charge is 0.313 e. The second-order valence-electron chi connectivity index (χ2n) is 5.58. The van der Waals surface area contributed by atoms with Crippen molar-refractivity contribution in [3.8, 4) is 5.69 Å². The predicted octanol–water partition coefficient (Wildman–Crippen LogP) is 2.38. The first kappa shape index (κ1) is 15.6. The van der Waals surface area contributed by atoms with Gasteiger partial charge in [-0.05, 0) is 43.0 Å². The van der Waals surface area contributed by atoms with Gasteiger partial charge in [-0.1, -0.05) is 18.0 Å². The van der Waals surface area contributed by atoms with Gasteiger partial charge in [-0.2, -0.15) is 5.10 Å². The second kappa shape index (κ2) is 6.83. The summed E-state index contributed by atoms with van der Waals surface area (Å²) in [6.45, 7) is 0.561. The minimum Gasteiger partial charge on any atom is -0.348 e. The molecule has 0 radical (unpaired) electrons. The average molecular weight is 333 g/mol. The Bertz CT molecular complexity index is 711. The van der Waals surface area contributed by atoms with Crippen molar-refractivity contribution in [2.45, 2.75) is 19.3 Å². The summed E-state index contributed by atoms with van der Waals surface area (Å²) in [5.74, 6) is -0.800. The van der Waals surface area contributed by atoms with Crippen LogP contribution in [0.5, 0.6) is 0 Å². The fourth-order valence-corrected chi connectivity index (χ4v) is 2.65. The molecule has 0 bridgehead atoms. The first-order valence-corrected chi connectivity index (χ1v) is 7.90. The molecule has 7 heteroatoms. The van der Waals surface area contributed by atoms with Crippen LogP contribution in [0.15, 0.2) is 36.7 Å². The topological polar surface area (TPSA) is 76.0 Å². The van der Waals surface area contributed by atoms with Gasteiger partial charge >= 0.3 is 11.8 Å². The van der Waals surface area contributed by atoms with Gasteiger partial charge in [-0.15, -0.1) is 0 Å². The average Bonchev–Trinajstić information content (AvgIpc) is 2.99. The van der Waals surface area contributed by atoms with Crippen LogP contribution in [0.1, 0.15) is 19.3 Å². The van der Waals surface area contributed by atoms with Crippen LogP contribution in [0.4, 0.5) is 5.69 Å². The molecule has 1 aliphatic rings. The Kier molecular flexibility index (Phi) is 4.62. The summed E-state index contributed by atoms with van der Waals surface area (Å²) in [5, 5.41) is 9.74. The van der Waals surface area contributed by atoms with Crippen LogP contribution in [0.25, 0.3) is 5.69 Å². The van der Waals surface area contributed by atoms with Crippen LogP contribution < -0.4 is 10.6 Å². The van der Waals surface area contributed by atoms with Gasteiger partial charge in [0.05, 0.1) is 10.7 Å². The van der Waals surface area contributed by atoms with Crippen LogP contribution in [0, 0.1) is 5.92 Å². The fourth-order valence-electron chi connectivity index (χ4n) is 2.38. The van der Waals surface area contributed by atoms with Crippen molar-refractivity contribution < 1.29 is 9.59 Å². The minimum absolute atomic E-state index is 0.432. The molecule has 1 heterocycles. The lowest BCUT2D eigenvalue weighted by molar-refractivity contribution is -0.136. The van der Waals surface area contributed by atoms with Gasteiger partial charge in [0.15, 0.2) is 0 Å². The lowest BCUT2D eigenvalue weighted by Crippen LogP contribution is -2.39. The van der Waals surface area contributed by atoms with Crippen molar-refractivity contribution in [1.82, 2.24) is 15.1 Å². The maximum absolute atomic E-state index is 11.9. The number of hydrogen-bond acceptors (Lipinski definition) is 3. The molecule has 2 N–H and O–H groups in total. The quantitative estimate of drug-likeness (QED) is 0.844. The monoisotopic (exact) mass is 332 g/mol. The zero-order valence-electron chi connectivity index (χ0n) is 12.5. The molecule has 1 aliphatic carbocycles. The minimum atomic E-state index is -0.688. The molecule has 0 saturated heterocycles. The summed E-state index contributed by atoms with van der Waals surface area (Å²) < 4.78 is 1.62. The van der Waals surface area contributed by atoms with Crippen molar-refractivity contribution >= 4 is 29.1 Å². The molecule has 6 nitrogen and oxygen atoms in total. The SMILES string of the molecule is O=C(NCC1CCC1)C(=O)Nc1ccc(-n2cccn2)c(Cl)c1. The van der Waals surface area contributed by atoms with E-state index in [2.05, 4.69) is 15.7 Å². The van der Waals surface area contributed by atoms with Crippen LogP contribution in [-0.4, -0.2) is 28.1 Å². The highest BCUT2D eigenvalue weighted by molar-refractivity contribution is 6.40. The van der Waals surface area contributed by atoms with Crippen LogP contribution in [-0.2, 0) is 9.59 Å². The first-order valence-electron chi connectivity index (χ1n) is 7.52. The Morgan fingerprint density at radius 3 is 2.74 bits per heavy atom. The number of nitrogens with zero attached hydrogens (tertiary/aromatic N) is 2. The number of carbonyl (C=O) groups excluding carboxylic acids is 2. The number of amides is 2. The Labute approximate surface area is 138 Å². The molecule has 1 aromatic carbocycles. The van der Waals surface area contributed by atoms with Crippen LogP contribution in [0.3, 0.4) is 0 Å². The molecule has 2 amide bonds. The highest BCUT2D eigenvalue weighted by Gasteiger charge is 2.20. The van der Waals surface area contributed by atoms with Crippen LogP contribution in [0.2, 0.25) is 5.02 Å². The molecule has 23 heavy (non-hydrogen) atoms. The van der Waals surface area contributed by atoms with Gasteiger partial charge in [0.1, 0.15) is 0 Å². The first-order chi connectivity index (χ1) is 11.1. The number of aromatic nitrogens is 2. The van der Waals surface area contributed by atoms with Gasteiger partial charge in [-0.3, -0.25) is 9.59 Å². The molecule has 1 saturated carbocycles. The van der Waals surface area contributed by atoms with E-state index in [0.717, 1.165) is 12.8 Å².